The molecular weight excluding hydrogens is 414 g/mol. The number of methoxy groups -OCH3 is 2. The monoisotopic (exact) mass is 443 g/mol. The topological polar surface area (TPSA) is 106 Å². The summed E-state index contributed by atoms with van der Waals surface area (Å²) in [5.74, 6) is 0.0801. The minimum absolute atomic E-state index is 0.0174. The Bertz CT molecular complexity index is 852. The average Bonchev–Trinajstić information content (AvgIpc) is 2.73. The molecule has 11 heteroatoms. The van der Waals surface area contributed by atoms with E-state index in [-0.39, 0.29) is 62.4 Å². The van der Waals surface area contributed by atoms with Gasteiger partial charge in [-0.2, -0.15) is 4.31 Å². The van der Waals surface area contributed by atoms with Gasteiger partial charge in [0.05, 0.1) is 33.9 Å². The Labute approximate surface area is 177 Å². The highest BCUT2D eigenvalue weighted by Crippen LogP contribution is 2.31. The Morgan fingerprint density at radius 1 is 1.07 bits per heavy atom. The van der Waals surface area contributed by atoms with E-state index in [1.54, 1.807) is 35.9 Å². The first-order valence-electron chi connectivity index (χ1n) is 9.57. The summed E-state index contributed by atoms with van der Waals surface area (Å²) in [5, 5.41) is 0. The van der Waals surface area contributed by atoms with E-state index in [2.05, 4.69) is 0 Å². The molecule has 0 spiro atoms. The molecule has 1 aliphatic rings. The van der Waals surface area contributed by atoms with Gasteiger partial charge in [-0.25, -0.2) is 8.42 Å². The Morgan fingerprint density at radius 3 is 2.30 bits per heavy atom. The molecule has 1 aromatic rings. The second-order valence-corrected chi connectivity index (χ2v) is 8.69. The van der Waals surface area contributed by atoms with Gasteiger partial charge in [0, 0.05) is 32.2 Å². The van der Waals surface area contributed by atoms with E-state index >= 15 is 0 Å². The van der Waals surface area contributed by atoms with Gasteiger partial charge in [0.25, 0.3) is 0 Å². The lowest BCUT2D eigenvalue weighted by atomic mass is 10.3. The minimum Gasteiger partial charge on any atom is -0.497 e. The number of nitrogens with zero attached hydrogens (tertiary/aromatic N) is 3. The van der Waals surface area contributed by atoms with Gasteiger partial charge in [0.15, 0.2) is 0 Å². The number of hydrogen-bond donors (Lipinski definition) is 0. The van der Waals surface area contributed by atoms with Gasteiger partial charge in [-0.3, -0.25) is 14.5 Å². The first kappa shape index (κ1) is 23.9. The van der Waals surface area contributed by atoms with Gasteiger partial charge in [0.1, 0.15) is 16.4 Å². The average molecular weight is 444 g/mol. The van der Waals surface area contributed by atoms with Crippen LogP contribution < -0.4 is 9.47 Å². The summed E-state index contributed by atoms with van der Waals surface area (Å²) in [5.41, 5.74) is 0. The Balaban J connectivity index is 1.99. The number of rotatable bonds is 9. The van der Waals surface area contributed by atoms with Crippen molar-refractivity contribution in [1.82, 2.24) is 14.1 Å². The largest absolute Gasteiger partial charge is 0.497 e. The molecule has 0 atom stereocenters. The standard InChI is InChI=1S/C19H29N3O7S/c1-5-29-19(24)14-20(2)13-18(23)21-8-10-22(11-9-21)30(25,26)17-12-15(27-3)6-7-16(17)28-4/h6-7,12H,5,8-11,13-14H2,1-4H3. The quantitative estimate of drug-likeness (QED) is 0.493. The van der Waals surface area contributed by atoms with Crippen LogP contribution in [0.25, 0.3) is 0 Å². The lowest BCUT2D eigenvalue weighted by molar-refractivity contribution is -0.144. The summed E-state index contributed by atoms with van der Waals surface area (Å²) in [6.07, 6.45) is 0. The van der Waals surface area contributed by atoms with Crippen LogP contribution in [0, 0.1) is 0 Å². The molecule has 0 bridgehead atoms. The van der Waals surface area contributed by atoms with Gasteiger partial charge < -0.3 is 19.1 Å². The second kappa shape index (κ2) is 10.6. The number of amides is 1. The van der Waals surface area contributed by atoms with Gasteiger partial charge >= 0.3 is 5.97 Å². The molecule has 0 aromatic heterocycles. The molecule has 0 radical (unpaired) electrons. The Morgan fingerprint density at radius 2 is 1.73 bits per heavy atom. The molecular formula is C19H29N3O7S. The number of esters is 1. The van der Waals surface area contributed by atoms with Crippen molar-refractivity contribution >= 4 is 21.9 Å². The van der Waals surface area contributed by atoms with Crippen LogP contribution in [0.15, 0.2) is 23.1 Å². The summed E-state index contributed by atoms with van der Waals surface area (Å²) in [6, 6.07) is 4.60. The molecule has 30 heavy (non-hydrogen) atoms. The predicted molar refractivity (Wildman–Crippen MR) is 109 cm³/mol. The number of hydrogen-bond acceptors (Lipinski definition) is 8. The lowest BCUT2D eigenvalue weighted by Crippen LogP contribution is -2.52. The lowest BCUT2D eigenvalue weighted by Gasteiger charge is -2.35. The van der Waals surface area contributed by atoms with Crippen LogP contribution in [-0.4, -0.2) is 102 Å². The molecule has 168 valence electrons. The van der Waals surface area contributed by atoms with Crippen LogP contribution in [0.5, 0.6) is 11.5 Å². The highest BCUT2D eigenvalue weighted by Gasteiger charge is 2.32. The fourth-order valence-electron chi connectivity index (χ4n) is 3.12. The zero-order chi connectivity index (χ0) is 22.3. The van der Waals surface area contributed by atoms with Crippen molar-refractivity contribution in [3.8, 4) is 11.5 Å². The van der Waals surface area contributed by atoms with Crippen molar-refractivity contribution < 1.29 is 32.2 Å². The van der Waals surface area contributed by atoms with Crippen molar-refractivity contribution in [2.24, 2.45) is 0 Å². The van der Waals surface area contributed by atoms with Crippen LogP contribution in [0.1, 0.15) is 6.92 Å². The van der Waals surface area contributed by atoms with Gasteiger partial charge in [0.2, 0.25) is 15.9 Å². The summed E-state index contributed by atoms with van der Waals surface area (Å²) >= 11 is 0. The molecule has 2 rings (SSSR count). The van der Waals surface area contributed by atoms with E-state index in [4.69, 9.17) is 14.2 Å². The summed E-state index contributed by atoms with van der Waals surface area (Å²) in [6.45, 7) is 2.92. The van der Waals surface area contributed by atoms with E-state index in [0.29, 0.717) is 5.75 Å². The van der Waals surface area contributed by atoms with Crippen molar-refractivity contribution in [3.63, 3.8) is 0 Å². The summed E-state index contributed by atoms with van der Waals surface area (Å²) in [7, 11) is 0.711. The third-order valence-electron chi connectivity index (χ3n) is 4.69. The normalized spacial score (nSPS) is 15.2. The van der Waals surface area contributed by atoms with E-state index in [0.717, 1.165) is 0 Å². The maximum Gasteiger partial charge on any atom is 0.320 e. The first-order chi connectivity index (χ1) is 14.2. The highest BCUT2D eigenvalue weighted by molar-refractivity contribution is 7.89. The molecule has 0 N–H and O–H groups in total. The molecule has 0 saturated carbocycles. The fraction of sp³-hybridized carbons (Fsp3) is 0.579. The number of carbonyl (C=O) groups is 2. The van der Waals surface area contributed by atoms with Crippen LogP contribution in [0.4, 0.5) is 0 Å². The van der Waals surface area contributed by atoms with Crippen molar-refractivity contribution in [3.05, 3.63) is 18.2 Å². The molecule has 1 aliphatic heterocycles. The molecule has 10 nitrogen and oxygen atoms in total. The number of piperazine rings is 1. The van der Waals surface area contributed by atoms with Crippen LogP contribution in [0.3, 0.4) is 0 Å². The van der Waals surface area contributed by atoms with Gasteiger partial charge in [-0.1, -0.05) is 0 Å². The molecule has 1 aromatic carbocycles. The third-order valence-corrected chi connectivity index (χ3v) is 6.61. The van der Waals surface area contributed by atoms with Gasteiger partial charge in [-0.05, 0) is 26.1 Å². The van der Waals surface area contributed by atoms with Crippen LogP contribution >= 0.6 is 0 Å². The zero-order valence-electron chi connectivity index (χ0n) is 17.8. The SMILES string of the molecule is CCOC(=O)CN(C)CC(=O)N1CCN(S(=O)(=O)c2cc(OC)ccc2OC)CC1. The second-order valence-electron chi connectivity index (χ2n) is 6.78. The van der Waals surface area contributed by atoms with E-state index in [1.165, 1.54) is 24.6 Å². The molecule has 1 saturated heterocycles. The molecule has 1 heterocycles. The fourth-order valence-corrected chi connectivity index (χ4v) is 4.71. The number of likely N-dealkylation sites (N-methyl/N-ethyl adjacent to an activating group) is 1. The van der Waals surface area contributed by atoms with Crippen molar-refractivity contribution in [1.29, 1.82) is 0 Å². The van der Waals surface area contributed by atoms with E-state index in [1.807, 2.05) is 0 Å². The van der Waals surface area contributed by atoms with Crippen molar-refractivity contribution in [2.75, 3.05) is 67.1 Å². The molecule has 0 unspecified atom stereocenters. The maximum atomic E-state index is 13.1. The molecule has 1 amide bonds. The maximum absolute atomic E-state index is 13.1. The Hall–Kier alpha value is -2.37. The number of ether oxygens (including phenoxy) is 3. The van der Waals surface area contributed by atoms with E-state index in [9.17, 15) is 18.0 Å². The summed E-state index contributed by atoms with van der Waals surface area (Å²) < 4.78 is 42.7. The predicted octanol–water partition coefficient (Wildman–Crippen LogP) is 0.0316. The highest BCUT2D eigenvalue weighted by atomic mass is 32.2. The minimum atomic E-state index is -3.81. The molecule has 0 aliphatic carbocycles. The van der Waals surface area contributed by atoms with Gasteiger partial charge in [-0.15, -0.1) is 0 Å². The van der Waals surface area contributed by atoms with Crippen LogP contribution in [-0.2, 0) is 24.3 Å². The Kier molecular flexibility index (Phi) is 8.44. The number of carbonyl (C=O) groups excluding carboxylic acids is 2. The van der Waals surface area contributed by atoms with Crippen molar-refractivity contribution in [2.45, 2.75) is 11.8 Å². The van der Waals surface area contributed by atoms with Crippen LogP contribution in [0.2, 0.25) is 0 Å². The smallest absolute Gasteiger partial charge is 0.320 e. The summed E-state index contributed by atoms with van der Waals surface area (Å²) in [4.78, 5) is 27.2. The first-order valence-corrected chi connectivity index (χ1v) is 11.0. The third kappa shape index (κ3) is 5.83. The number of sulfonamides is 1. The zero-order valence-corrected chi connectivity index (χ0v) is 18.6. The number of benzene rings is 1. The molecule has 1 fully saturated rings. The van der Waals surface area contributed by atoms with E-state index < -0.39 is 16.0 Å².